The maximum Gasteiger partial charge on any atom is 0.208 e. The number of rotatable bonds is 2. The van der Waals surface area contributed by atoms with E-state index in [0.717, 1.165) is 23.2 Å². The Morgan fingerprint density at radius 3 is 2.62 bits per heavy atom. The summed E-state index contributed by atoms with van der Waals surface area (Å²) in [5, 5.41) is 10.1. The van der Waals surface area contributed by atoms with E-state index < -0.39 is 0 Å². The van der Waals surface area contributed by atoms with Crippen molar-refractivity contribution in [2.45, 2.75) is 19.3 Å². The minimum atomic E-state index is 0.917. The second-order valence-electron chi connectivity index (χ2n) is 3.17. The Labute approximate surface area is 82.1 Å². The van der Waals surface area contributed by atoms with E-state index in [2.05, 4.69) is 21.7 Å². The van der Waals surface area contributed by atoms with E-state index in [4.69, 9.17) is 0 Å². The second kappa shape index (κ2) is 3.87. The zero-order chi connectivity index (χ0) is 9.10. The largest absolute Gasteiger partial charge is 0.347 e. The highest BCUT2D eigenvalue weighted by Crippen LogP contribution is 2.23. The number of hydrogen-bond acceptors (Lipinski definition) is 4. The Bertz CT molecular complexity index is 289. The molecule has 0 aromatic carbocycles. The lowest BCUT2D eigenvalue weighted by atomic mass is 10.1. The van der Waals surface area contributed by atoms with Gasteiger partial charge in [0.15, 0.2) is 0 Å². The van der Waals surface area contributed by atoms with Gasteiger partial charge in [0.2, 0.25) is 5.13 Å². The van der Waals surface area contributed by atoms with E-state index in [1.165, 1.54) is 19.3 Å². The fourth-order valence-corrected chi connectivity index (χ4v) is 2.27. The van der Waals surface area contributed by atoms with Crippen LogP contribution < -0.4 is 4.90 Å². The number of nitrogens with zero attached hydrogens (tertiary/aromatic N) is 3. The minimum Gasteiger partial charge on any atom is -0.347 e. The summed E-state index contributed by atoms with van der Waals surface area (Å²) in [6.07, 6.45) is 5.67. The Kier molecular flexibility index (Phi) is 2.59. The summed E-state index contributed by atoms with van der Waals surface area (Å²) in [4.78, 5) is 2.31. The van der Waals surface area contributed by atoms with Crippen LogP contribution in [0, 0.1) is 0 Å². The van der Waals surface area contributed by atoms with Crippen molar-refractivity contribution in [3.8, 4) is 0 Å². The van der Waals surface area contributed by atoms with Crippen LogP contribution >= 0.6 is 11.3 Å². The van der Waals surface area contributed by atoms with Gasteiger partial charge in [-0.2, -0.15) is 0 Å². The van der Waals surface area contributed by atoms with Crippen LogP contribution in [0.15, 0.2) is 6.58 Å². The predicted molar refractivity (Wildman–Crippen MR) is 56.1 cm³/mol. The highest BCUT2D eigenvalue weighted by Gasteiger charge is 2.14. The third-order valence-corrected chi connectivity index (χ3v) is 3.21. The van der Waals surface area contributed by atoms with Gasteiger partial charge in [-0.25, -0.2) is 0 Å². The van der Waals surface area contributed by atoms with Crippen LogP contribution in [0.4, 0.5) is 5.13 Å². The molecule has 2 heterocycles. The molecule has 1 aromatic rings. The average molecular weight is 195 g/mol. The normalized spacial score (nSPS) is 17.4. The monoisotopic (exact) mass is 195 g/mol. The smallest absolute Gasteiger partial charge is 0.208 e. The van der Waals surface area contributed by atoms with Crippen LogP contribution in [0.2, 0.25) is 0 Å². The third kappa shape index (κ3) is 1.88. The van der Waals surface area contributed by atoms with Crippen molar-refractivity contribution in [3.63, 3.8) is 0 Å². The average Bonchev–Trinajstić information content (AvgIpc) is 2.67. The van der Waals surface area contributed by atoms with Crippen molar-refractivity contribution in [1.29, 1.82) is 0 Å². The molecule has 1 aromatic heterocycles. The molecule has 70 valence electrons. The van der Waals surface area contributed by atoms with Crippen LogP contribution in [-0.2, 0) is 0 Å². The lowest BCUT2D eigenvalue weighted by Crippen LogP contribution is -2.29. The molecule has 0 unspecified atom stereocenters. The summed E-state index contributed by atoms with van der Waals surface area (Å²) in [5.74, 6) is 0. The van der Waals surface area contributed by atoms with Crippen LogP contribution in [-0.4, -0.2) is 23.3 Å². The third-order valence-electron chi connectivity index (χ3n) is 2.23. The van der Waals surface area contributed by atoms with Gasteiger partial charge >= 0.3 is 0 Å². The summed E-state index contributed by atoms with van der Waals surface area (Å²) in [6.45, 7) is 5.94. The Morgan fingerprint density at radius 1 is 1.23 bits per heavy atom. The van der Waals surface area contributed by atoms with Gasteiger partial charge in [0.1, 0.15) is 5.01 Å². The molecule has 0 bridgehead atoms. The Morgan fingerprint density at radius 2 is 2.00 bits per heavy atom. The van der Waals surface area contributed by atoms with Gasteiger partial charge in [0.05, 0.1) is 0 Å². The molecule has 0 saturated carbocycles. The maximum absolute atomic E-state index is 4.13. The fraction of sp³-hybridized carbons (Fsp3) is 0.556. The molecule has 4 heteroatoms. The summed E-state index contributed by atoms with van der Waals surface area (Å²) in [7, 11) is 0. The Hall–Kier alpha value is -0.900. The first-order chi connectivity index (χ1) is 6.40. The van der Waals surface area contributed by atoms with Gasteiger partial charge in [-0.05, 0) is 25.3 Å². The van der Waals surface area contributed by atoms with E-state index >= 15 is 0 Å². The molecule has 0 N–H and O–H groups in total. The molecule has 0 atom stereocenters. The van der Waals surface area contributed by atoms with Crippen molar-refractivity contribution < 1.29 is 0 Å². The molecule has 1 saturated heterocycles. The molecular formula is C9H13N3S. The van der Waals surface area contributed by atoms with Crippen LogP contribution in [0.1, 0.15) is 24.3 Å². The van der Waals surface area contributed by atoms with Gasteiger partial charge in [-0.1, -0.05) is 17.9 Å². The minimum absolute atomic E-state index is 0.917. The standard InChI is InChI=1S/C9H13N3S/c1-2-8-10-11-9(13-8)12-6-4-3-5-7-12/h2H,1,3-7H2. The number of aromatic nitrogens is 2. The van der Waals surface area contributed by atoms with Crippen molar-refractivity contribution in [2.24, 2.45) is 0 Å². The van der Waals surface area contributed by atoms with E-state index in [1.54, 1.807) is 17.4 Å². The van der Waals surface area contributed by atoms with Gasteiger partial charge in [-0.3, -0.25) is 0 Å². The van der Waals surface area contributed by atoms with E-state index in [0.29, 0.717) is 0 Å². The van der Waals surface area contributed by atoms with Crippen molar-refractivity contribution in [1.82, 2.24) is 10.2 Å². The molecule has 1 aliphatic rings. The maximum atomic E-state index is 4.13. The molecule has 1 aliphatic heterocycles. The van der Waals surface area contributed by atoms with Crippen LogP contribution in [0.3, 0.4) is 0 Å². The zero-order valence-corrected chi connectivity index (χ0v) is 8.39. The van der Waals surface area contributed by atoms with Crippen molar-refractivity contribution in [3.05, 3.63) is 11.6 Å². The number of piperidine rings is 1. The highest BCUT2D eigenvalue weighted by atomic mass is 32.1. The lowest BCUT2D eigenvalue weighted by Gasteiger charge is -2.25. The van der Waals surface area contributed by atoms with Crippen LogP contribution in [0.25, 0.3) is 6.08 Å². The number of hydrogen-bond donors (Lipinski definition) is 0. The van der Waals surface area contributed by atoms with Gasteiger partial charge in [-0.15, -0.1) is 10.2 Å². The van der Waals surface area contributed by atoms with E-state index in [9.17, 15) is 0 Å². The summed E-state index contributed by atoms with van der Waals surface area (Å²) in [5.41, 5.74) is 0. The quantitative estimate of drug-likeness (QED) is 0.724. The summed E-state index contributed by atoms with van der Waals surface area (Å²) in [6, 6.07) is 0. The molecule has 0 spiro atoms. The summed E-state index contributed by atoms with van der Waals surface area (Å²) < 4.78 is 0. The number of anilines is 1. The van der Waals surface area contributed by atoms with Crippen LogP contribution in [0.5, 0.6) is 0 Å². The lowest BCUT2D eigenvalue weighted by molar-refractivity contribution is 0.575. The SMILES string of the molecule is C=Cc1nnc(N2CCCCC2)s1. The molecular weight excluding hydrogens is 182 g/mol. The summed E-state index contributed by atoms with van der Waals surface area (Å²) >= 11 is 1.63. The molecule has 13 heavy (non-hydrogen) atoms. The zero-order valence-electron chi connectivity index (χ0n) is 7.57. The molecule has 1 fully saturated rings. The Balaban J connectivity index is 2.09. The highest BCUT2D eigenvalue weighted by molar-refractivity contribution is 7.16. The second-order valence-corrected chi connectivity index (χ2v) is 4.16. The molecule has 2 rings (SSSR count). The predicted octanol–water partition coefficient (Wildman–Crippen LogP) is 2.17. The van der Waals surface area contributed by atoms with Gasteiger partial charge in [0, 0.05) is 13.1 Å². The van der Waals surface area contributed by atoms with E-state index in [1.807, 2.05) is 0 Å². The molecule has 0 aliphatic carbocycles. The molecule has 3 nitrogen and oxygen atoms in total. The molecule has 0 radical (unpaired) electrons. The first-order valence-electron chi connectivity index (χ1n) is 4.61. The van der Waals surface area contributed by atoms with Crippen molar-refractivity contribution >= 4 is 22.5 Å². The van der Waals surface area contributed by atoms with Gasteiger partial charge in [0.25, 0.3) is 0 Å². The van der Waals surface area contributed by atoms with E-state index in [-0.39, 0.29) is 0 Å². The fourth-order valence-electron chi connectivity index (χ4n) is 1.52. The first kappa shape index (κ1) is 8.69. The van der Waals surface area contributed by atoms with Gasteiger partial charge < -0.3 is 4.90 Å². The first-order valence-corrected chi connectivity index (χ1v) is 5.42. The topological polar surface area (TPSA) is 29.0 Å². The van der Waals surface area contributed by atoms with Crippen molar-refractivity contribution in [2.75, 3.05) is 18.0 Å². The molecule has 0 amide bonds.